The summed E-state index contributed by atoms with van der Waals surface area (Å²) in [6.45, 7) is 1.89. The topological polar surface area (TPSA) is 30.2 Å². The van der Waals surface area contributed by atoms with Gasteiger partial charge in [-0.1, -0.05) is 30.7 Å². The predicted molar refractivity (Wildman–Crippen MR) is 69.9 cm³/mol. The summed E-state index contributed by atoms with van der Waals surface area (Å²) in [4.78, 5) is 12.2. The van der Waals surface area contributed by atoms with E-state index in [0.717, 1.165) is 5.56 Å². The minimum absolute atomic E-state index is 0.0299. The maximum Gasteiger partial charge on any atom is 0.228 e. The molecule has 1 aromatic heterocycles. The van der Waals surface area contributed by atoms with Gasteiger partial charge in [-0.05, 0) is 42.9 Å². The molecule has 0 saturated heterocycles. The lowest BCUT2D eigenvalue weighted by Gasteiger charge is -2.25. The number of benzene rings is 1. The Labute approximate surface area is 107 Å². The zero-order chi connectivity index (χ0) is 12.5. The van der Waals surface area contributed by atoms with E-state index in [1.54, 1.807) is 6.26 Å². The first-order valence-electron chi connectivity index (χ1n) is 6.44. The average Bonchev–Trinajstić information content (AvgIpc) is 2.73. The van der Waals surface area contributed by atoms with Crippen molar-refractivity contribution >= 4 is 5.78 Å². The molecule has 0 radical (unpaired) electrons. The molecule has 0 amide bonds. The number of furan rings is 1. The highest BCUT2D eigenvalue weighted by Crippen LogP contribution is 2.36. The first-order valence-corrected chi connectivity index (χ1v) is 6.44. The van der Waals surface area contributed by atoms with Gasteiger partial charge in [-0.15, -0.1) is 0 Å². The smallest absolute Gasteiger partial charge is 0.228 e. The summed E-state index contributed by atoms with van der Waals surface area (Å²) in [5, 5.41) is 0. The van der Waals surface area contributed by atoms with Crippen molar-refractivity contribution < 1.29 is 9.21 Å². The molecule has 1 aliphatic rings. The molecule has 0 unspecified atom stereocenters. The van der Waals surface area contributed by atoms with E-state index in [1.165, 1.54) is 24.8 Å². The van der Waals surface area contributed by atoms with Crippen molar-refractivity contribution in [2.75, 3.05) is 0 Å². The Balaban J connectivity index is 1.84. The SMILES string of the molecule is Cc1ccoc1C(=O)c1ccc(C2CCC2)cc1. The number of hydrogen-bond donors (Lipinski definition) is 0. The van der Waals surface area contributed by atoms with Crippen LogP contribution in [0, 0.1) is 6.92 Å². The molecular formula is C16H16O2. The molecule has 1 fully saturated rings. The van der Waals surface area contributed by atoms with Crippen LogP contribution in [0.2, 0.25) is 0 Å². The molecule has 1 saturated carbocycles. The summed E-state index contributed by atoms with van der Waals surface area (Å²) in [5.74, 6) is 1.13. The van der Waals surface area contributed by atoms with Gasteiger partial charge in [0.15, 0.2) is 5.76 Å². The molecule has 2 heteroatoms. The van der Waals surface area contributed by atoms with Gasteiger partial charge in [0, 0.05) is 5.56 Å². The molecule has 2 nitrogen and oxygen atoms in total. The molecule has 0 atom stereocenters. The van der Waals surface area contributed by atoms with E-state index < -0.39 is 0 Å². The lowest BCUT2D eigenvalue weighted by molar-refractivity contribution is 0.101. The maximum atomic E-state index is 12.2. The van der Waals surface area contributed by atoms with Crippen LogP contribution in [0.3, 0.4) is 0 Å². The van der Waals surface area contributed by atoms with Crippen LogP contribution >= 0.6 is 0 Å². The molecule has 0 bridgehead atoms. The van der Waals surface area contributed by atoms with Crippen molar-refractivity contribution in [2.24, 2.45) is 0 Å². The van der Waals surface area contributed by atoms with E-state index in [-0.39, 0.29) is 5.78 Å². The fourth-order valence-corrected chi connectivity index (χ4v) is 2.38. The molecule has 0 spiro atoms. The van der Waals surface area contributed by atoms with Crippen LogP contribution in [0.5, 0.6) is 0 Å². The Morgan fingerprint density at radius 1 is 1.17 bits per heavy atom. The van der Waals surface area contributed by atoms with Gasteiger partial charge in [0.25, 0.3) is 0 Å². The Kier molecular flexibility index (Phi) is 2.78. The minimum atomic E-state index is -0.0299. The third kappa shape index (κ3) is 1.88. The Morgan fingerprint density at radius 2 is 1.89 bits per heavy atom. The quantitative estimate of drug-likeness (QED) is 0.756. The van der Waals surface area contributed by atoms with E-state index in [2.05, 4.69) is 12.1 Å². The summed E-state index contributed by atoms with van der Waals surface area (Å²) in [7, 11) is 0. The van der Waals surface area contributed by atoms with Crippen LogP contribution in [0.1, 0.15) is 52.4 Å². The number of ketones is 1. The average molecular weight is 240 g/mol. The van der Waals surface area contributed by atoms with Gasteiger partial charge in [-0.25, -0.2) is 0 Å². The fourth-order valence-electron chi connectivity index (χ4n) is 2.38. The first-order chi connectivity index (χ1) is 8.75. The summed E-state index contributed by atoms with van der Waals surface area (Å²) in [6.07, 6.45) is 5.46. The van der Waals surface area contributed by atoms with Crippen LogP contribution in [0.4, 0.5) is 0 Å². The van der Waals surface area contributed by atoms with Gasteiger partial charge >= 0.3 is 0 Å². The first kappa shape index (κ1) is 11.3. The monoisotopic (exact) mass is 240 g/mol. The molecule has 2 aromatic rings. The zero-order valence-corrected chi connectivity index (χ0v) is 10.5. The Morgan fingerprint density at radius 3 is 2.39 bits per heavy atom. The van der Waals surface area contributed by atoms with E-state index in [9.17, 15) is 4.79 Å². The number of carbonyl (C=O) groups is 1. The molecule has 0 N–H and O–H groups in total. The second-order valence-corrected chi connectivity index (χ2v) is 5.01. The van der Waals surface area contributed by atoms with Crippen molar-refractivity contribution in [3.8, 4) is 0 Å². The van der Waals surface area contributed by atoms with E-state index in [0.29, 0.717) is 17.2 Å². The van der Waals surface area contributed by atoms with Gasteiger partial charge in [0.2, 0.25) is 5.78 Å². The number of aryl methyl sites for hydroxylation is 1. The third-order valence-corrected chi connectivity index (χ3v) is 3.82. The van der Waals surface area contributed by atoms with Crippen LogP contribution in [-0.2, 0) is 0 Å². The minimum Gasteiger partial charge on any atom is -0.461 e. The van der Waals surface area contributed by atoms with Crippen molar-refractivity contribution in [3.63, 3.8) is 0 Å². The highest BCUT2D eigenvalue weighted by Gasteiger charge is 2.20. The second kappa shape index (κ2) is 4.45. The zero-order valence-electron chi connectivity index (χ0n) is 10.5. The second-order valence-electron chi connectivity index (χ2n) is 5.01. The molecule has 92 valence electrons. The molecule has 1 aromatic carbocycles. The Hall–Kier alpha value is -1.83. The van der Waals surface area contributed by atoms with Crippen molar-refractivity contribution in [1.29, 1.82) is 0 Å². The van der Waals surface area contributed by atoms with Crippen molar-refractivity contribution in [3.05, 3.63) is 59.0 Å². The molecule has 3 rings (SSSR count). The lowest BCUT2D eigenvalue weighted by atomic mass is 9.80. The molecule has 1 heterocycles. The number of rotatable bonds is 3. The highest BCUT2D eigenvalue weighted by molar-refractivity contribution is 6.07. The summed E-state index contributed by atoms with van der Waals surface area (Å²) in [6, 6.07) is 9.80. The van der Waals surface area contributed by atoms with Gasteiger partial charge < -0.3 is 4.42 Å². The molecule has 1 aliphatic carbocycles. The maximum absolute atomic E-state index is 12.2. The summed E-state index contributed by atoms with van der Waals surface area (Å²) in [5.41, 5.74) is 2.95. The highest BCUT2D eigenvalue weighted by atomic mass is 16.3. The van der Waals surface area contributed by atoms with Crippen LogP contribution in [-0.4, -0.2) is 5.78 Å². The van der Waals surface area contributed by atoms with Gasteiger partial charge in [0.1, 0.15) is 0 Å². The third-order valence-electron chi connectivity index (χ3n) is 3.82. The number of hydrogen-bond acceptors (Lipinski definition) is 2. The normalized spacial score (nSPS) is 15.4. The van der Waals surface area contributed by atoms with Crippen molar-refractivity contribution in [1.82, 2.24) is 0 Å². The molecule has 0 aliphatic heterocycles. The van der Waals surface area contributed by atoms with Crippen LogP contribution < -0.4 is 0 Å². The molecular weight excluding hydrogens is 224 g/mol. The standard InChI is InChI=1S/C16H16O2/c1-11-9-10-18-16(11)15(17)14-7-5-13(6-8-14)12-3-2-4-12/h5-10,12H,2-4H2,1H3. The lowest BCUT2D eigenvalue weighted by Crippen LogP contribution is -2.09. The van der Waals surface area contributed by atoms with E-state index in [4.69, 9.17) is 4.42 Å². The largest absolute Gasteiger partial charge is 0.461 e. The van der Waals surface area contributed by atoms with Crippen LogP contribution in [0.15, 0.2) is 41.0 Å². The fraction of sp³-hybridized carbons (Fsp3) is 0.312. The predicted octanol–water partition coefficient (Wildman–Crippen LogP) is 4.09. The number of carbonyl (C=O) groups excluding carboxylic acids is 1. The van der Waals surface area contributed by atoms with Gasteiger partial charge in [0.05, 0.1) is 6.26 Å². The van der Waals surface area contributed by atoms with E-state index in [1.807, 2.05) is 25.1 Å². The molecule has 18 heavy (non-hydrogen) atoms. The van der Waals surface area contributed by atoms with Gasteiger partial charge in [-0.3, -0.25) is 4.79 Å². The summed E-state index contributed by atoms with van der Waals surface area (Å²) >= 11 is 0. The Bertz CT molecular complexity index is 559. The van der Waals surface area contributed by atoms with Crippen molar-refractivity contribution in [2.45, 2.75) is 32.1 Å². The van der Waals surface area contributed by atoms with Crippen LogP contribution in [0.25, 0.3) is 0 Å². The summed E-state index contributed by atoms with van der Waals surface area (Å²) < 4.78 is 5.24. The van der Waals surface area contributed by atoms with E-state index >= 15 is 0 Å². The van der Waals surface area contributed by atoms with Gasteiger partial charge in [-0.2, -0.15) is 0 Å².